The van der Waals surface area contributed by atoms with E-state index in [2.05, 4.69) is 15.4 Å². The summed E-state index contributed by atoms with van der Waals surface area (Å²) in [6, 6.07) is 16.7. The zero-order chi connectivity index (χ0) is 20.2. The van der Waals surface area contributed by atoms with Crippen molar-refractivity contribution in [3.05, 3.63) is 72.0 Å². The molecule has 1 N–H and O–H groups in total. The first-order valence-electron chi connectivity index (χ1n) is 8.79. The van der Waals surface area contributed by atoms with Gasteiger partial charge in [0.2, 0.25) is 5.91 Å². The van der Waals surface area contributed by atoms with Crippen molar-refractivity contribution in [2.24, 2.45) is 0 Å². The van der Waals surface area contributed by atoms with E-state index in [1.165, 1.54) is 11.8 Å². The Hall–Kier alpha value is -3.03. The first-order valence-corrected chi connectivity index (χ1v) is 10.2. The molecule has 0 radical (unpaired) electrons. The Morgan fingerprint density at radius 2 is 1.93 bits per heavy atom. The number of halogens is 1. The van der Waals surface area contributed by atoms with Gasteiger partial charge in [0.25, 0.3) is 0 Å². The van der Waals surface area contributed by atoms with Crippen LogP contribution in [0.1, 0.15) is 0 Å². The first-order chi connectivity index (χ1) is 14.1. The summed E-state index contributed by atoms with van der Waals surface area (Å²) in [7, 11) is 1.64. The topological polar surface area (TPSA) is 68.5 Å². The second-order valence-electron chi connectivity index (χ2n) is 6.16. The van der Waals surface area contributed by atoms with Crippen molar-refractivity contribution in [3.8, 4) is 17.0 Å². The second kappa shape index (κ2) is 8.55. The molecule has 0 saturated carbocycles. The molecule has 0 aliphatic heterocycles. The lowest BCUT2D eigenvalue weighted by Crippen LogP contribution is -2.14. The molecule has 0 bridgehead atoms. The van der Waals surface area contributed by atoms with Gasteiger partial charge < -0.3 is 10.1 Å². The molecule has 0 spiro atoms. The minimum Gasteiger partial charge on any atom is -0.497 e. The molecular weight excluding hydrogens is 408 g/mol. The number of rotatable bonds is 6. The number of methoxy groups -OCH3 is 1. The molecule has 0 aliphatic carbocycles. The highest BCUT2D eigenvalue weighted by Crippen LogP contribution is 2.27. The Balaban J connectivity index is 1.49. The van der Waals surface area contributed by atoms with Gasteiger partial charge in [-0.25, -0.2) is 9.50 Å². The third kappa shape index (κ3) is 4.52. The molecule has 29 heavy (non-hydrogen) atoms. The van der Waals surface area contributed by atoms with Gasteiger partial charge in [-0.05, 0) is 54.6 Å². The number of nitrogens with one attached hydrogen (secondary N) is 1. The normalized spacial score (nSPS) is 10.8. The lowest BCUT2D eigenvalue weighted by Gasteiger charge is -2.05. The van der Waals surface area contributed by atoms with Crippen molar-refractivity contribution in [2.45, 2.75) is 5.03 Å². The number of hydrogen-bond acceptors (Lipinski definition) is 5. The van der Waals surface area contributed by atoms with Crippen LogP contribution < -0.4 is 10.1 Å². The number of thioether (sulfide) groups is 1. The summed E-state index contributed by atoms with van der Waals surface area (Å²) in [5, 5.41) is 8.83. The van der Waals surface area contributed by atoms with Crippen LogP contribution in [0, 0.1) is 0 Å². The number of benzene rings is 2. The molecule has 2 aromatic heterocycles. The summed E-state index contributed by atoms with van der Waals surface area (Å²) < 4.78 is 6.97. The number of carbonyl (C=O) groups is 1. The predicted octanol–water partition coefficient (Wildman–Crippen LogP) is 4.79. The highest BCUT2D eigenvalue weighted by molar-refractivity contribution is 8.00. The molecule has 0 unspecified atom stereocenters. The fourth-order valence-electron chi connectivity index (χ4n) is 2.78. The van der Waals surface area contributed by atoms with E-state index in [-0.39, 0.29) is 11.7 Å². The third-order valence-electron chi connectivity index (χ3n) is 4.21. The van der Waals surface area contributed by atoms with Crippen LogP contribution in [0.2, 0.25) is 5.02 Å². The number of aromatic nitrogens is 3. The molecule has 2 heterocycles. The van der Waals surface area contributed by atoms with E-state index in [1.807, 2.05) is 30.3 Å². The summed E-state index contributed by atoms with van der Waals surface area (Å²) in [5.41, 5.74) is 3.36. The first kappa shape index (κ1) is 19.3. The zero-order valence-electron chi connectivity index (χ0n) is 15.5. The predicted molar refractivity (Wildman–Crippen MR) is 116 cm³/mol. The molecule has 4 rings (SSSR count). The summed E-state index contributed by atoms with van der Waals surface area (Å²) in [6.45, 7) is 0. The van der Waals surface area contributed by atoms with Crippen LogP contribution in [0.4, 0.5) is 5.69 Å². The zero-order valence-corrected chi connectivity index (χ0v) is 17.1. The van der Waals surface area contributed by atoms with Crippen LogP contribution in [0.15, 0.2) is 72.0 Å². The van der Waals surface area contributed by atoms with Crippen molar-refractivity contribution < 1.29 is 9.53 Å². The van der Waals surface area contributed by atoms with Crippen LogP contribution in [-0.4, -0.2) is 33.4 Å². The second-order valence-corrected chi connectivity index (χ2v) is 7.56. The number of amides is 1. The molecule has 8 heteroatoms. The Labute approximate surface area is 176 Å². The molecule has 6 nitrogen and oxygen atoms in total. The fourth-order valence-corrected chi connectivity index (χ4v) is 3.68. The molecule has 0 aliphatic rings. The van der Waals surface area contributed by atoms with Crippen LogP contribution in [0.5, 0.6) is 5.75 Å². The van der Waals surface area contributed by atoms with Gasteiger partial charge in [0, 0.05) is 28.7 Å². The smallest absolute Gasteiger partial charge is 0.234 e. The van der Waals surface area contributed by atoms with Crippen molar-refractivity contribution >= 4 is 40.5 Å². The van der Waals surface area contributed by atoms with Gasteiger partial charge in [0.1, 0.15) is 10.8 Å². The van der Waals surface area contributed by atoms with Gasteiger partial charge in [0.15, 0.2) is 0 Å². The lowest BCUT2D eigenvalue weighted by atomic mass is 10.1. The summed E-state index contributed by atoms with van der Waals surface area (Å²) >= 11 is 7.23. The largest absolute Gasteiger partial charge is 0.497 e. The molecule has 1 amide bonds. The maximum absolute atomic E-state index is 12.3. The SMILES string of the molecule is COc1ccc(-c2cc3c(SCC(=O)Nc4ccc(Cl)cc4)nccn3n2)cc1. The Morgan fingerprint density at radius 3 is 2.66 bits per heavy atom. The Morgan fingerprint density at radius 1 is 1.17 bits per heavy atom. The van der Waals surface area contributed by atoms with E-state index >= 15 is 0 Å². The van der Waals surface area contributed by atoms with Crippen molar-refractivity contribution in [2.75, 3.05) is 18.2 Å². The fraction of sp³-hybridized carbons (Fsp3) is 0.0952. The van der Waals surface area contributed by atoms with Gasteiger partial charge in [-0.3, -0.25) is 4.79 Å². The number of fused-ring (bicyclic) bond motifs is 1. The van der Waals surface area contributed by atoms with E-state index in [9.17, 15) is 4.79 Å². The minimum absolute atomic E-state index is 0.115. The monoisotopic (exact) mass is 424 g/mol. The molecule has 0 atom stereocenters. The highest BCUT2D eigenvalue weighted by Gasteiger charge is 2.12. The quantitative estimate of drug-likeness (QED) is 0.451. The maximum Gasteiger partial charge on any atom is 0.234 e. The van der Waals surface area contributed by atoms with E-state index in [0.717, 1.165) is 27.5 Å². The molecule has 0 saturated heterocycles. The van der Waals surface area contributed by atoms with Crippen LogP contribution in [0.3, 0.4) is 0 Å². The summed E-state index contributed by atoms with van der Waals surface area (Å²) in [5.74, 6) is 0.913. The van der Waals surface area contributed by atoms with Crippen LogP contribution >= 0.6 is 23.4 Å². The molecular formula is C21H17ClN4O2S. The summed E-state index contributed by atoms with van der Waals surface area (Å²) in [4.78, 5) is 16.7. The van der Waals surface area contributed by atoms with Gasteiger partial charge in [0.05, 0.1) is 24.1 Å². The van der Waals surface area contributed by atoms with Crippen LogP contribution in [-0.2, 0) is 4.79 Å². The van der Waals surface area contributed by atoms with Crippen LogP contribution in [0.25, 0.3) is 16.8 Å². The van der Waals surface area contributed by atoms with E-state index in [4.69, 9.17) is 16.3 Å². The maximum atomic E-state index is 12.3. The van der Waals surface area contributed by atoms with Crippen molar-refractivity contribution in [1.29, 1.82) is 0 Å². The highest BCUT2D eigenvalue weighted by atomic mass is 35.5. The summed E-state index contributed by atoms with van der Waals surface area (Å²) in [6.07, 6.45) is 3.47. The molecule has 146 valence electrons. The Bertz CT molecular complexity index is 1140. The molecule has 0 fully saturated rings. The van der Waals surface area contributed by atoms with E-state index in [1.54, 1.807) is 48.3 Å². The Kier molecular flexibility index (Phi) is 5.69. The number of anilines is 1. The number of hydrogen-bond donors (Lipinski definition) is 1. The lowest BCUT2D eigenvalue weighted by molar-refractivity contribution is -0.113. The van der Waals surface area contributed by atoms with Gasteiger partial charge in [-0.2, -0.15) is 5.10 Å². The van der Waals surface area contributed by atoms with Crippen molar-refractivity contribution in [1.82, 2.24) is 14.6 Å². The van der Waals surface area contributed by atoms with E-state index < -0.39 is 0 Å². The minimum atomic E-state index is -0.115. The van der Waals surface area contributed by atoms with Gasteiger partial charge in [-0.15, -0.1) is 0 Å². The molecule has 4 aromatic rings. The standard InChI is InChI=1S/C21H17ClN4O2S/c1-28-17-8-2-14(3-9-17)18-12-19-21(23-10-11-26(19)25-18)29-13-20(27)24-16-6-4-15(22)5-7-16/h2-12H,13H2,1H3,(H,24,27). The third-order valence-corrected chi connectivity index (χ3v) is 5.45. The molecule has 2 aromatic carbocycles. The van der Waals surface area contributed by atoms with Gasteiger partial charge >= 0.3 is 0 Å². The average molecular weight is 425 g/mol. The van der Waals surface area contributed by atoms with Gasteiger partial charge in [-0.1, -0.05) is 23.4 Å². The average Bonchev–Trinajstić information content (AvgIpc) is 3.19. The van der Waals surface area contributed by atoms with Crippen molar-refractivity contribution in [3.63, 3.8) is 0 Å². The number of nitrogens with zero attached hydrogens (tertiary/aromatic N) is 3. The number of carbonyl (C=O) groups excluding carboxylic acids is 1. The van der Waals surface area contributed by atoms with E-state index in [0.29, 0.717) is 10.7 Å². The number of ether oxygens (including phenoxy) is 1.